The second-order valence-electron chi connectivity index (χ2n) is 8.28. The van der Waals surface area contributed by atoms with E-state index in [1.807, 2.05) is 85.8 Å². The summed E-state index contributed by atoms with van der Waals surface area (Å²) < 4.78 is 27.6. The van der Waals surface area contributed by atoms with Gasteiger partial charge in [0.25, 0.3) is 0 Å². The summed E-state index contributed by atoms with van der Waals surface area (Å²) in [4.78, 5) is 13.1. The fourth-order valence-corrected chi connectivity index (χ4v) is 5.88. The fourth-order valence-electron chi connectivity index (χ4n) is 4.17. The van der Waals surface area contributed by atoms with Crippen molar-refractivity contribution in [2.75, 3.05) is 18.4 Å². The Balaban J connectivity index is 1.47. The van der Waals surface area contributed by atoms with Gasteiger partial charge in [-0.25, -0.2) is 12.7 Å². The molecule has 1 atom stereocenters. The molecule has 1 heterocycles. The number of nitrogens with zero attached hydrogens (tertiary/aromatic N) is 1. The molecule has 1 fully saturated rings. The van der Waals surface area contributed by atoms with Gasteiger partial charge in [-0.3, -0.25) is 4.79 Å². The molecule has 5 nitrogen and oxygen atoms in total. The Morgan fingerprint density at radius 3 is 2.44 bits per heavy atom. The highest BCUT2D eigenvalue weighted by Crippen LogP contribution is 2.29. The average Bonchev–Trinajstić information content (AvgIpc) is 2.81. The van der Waals surface area contributed by atoms with Crippen LogP contribution in [-0.4, -0.2) is 31.7 Å². The van der Waals surface area contributed by atoms with E-state index in [1.165, 1.54) is 4.31 Å². The van der Waals surface area contributed by atoms with Crippen molar-refractivity contribution in [3.8, 4) is 11.1 Å². The van der Waals surface area contributed by atoms with Crippen molar-refractivity contribution in [1.29, 1.82) is 0 Å². The lowest BCUT2D eigenvalue weighted by molar-refractivity contribution is -0.120. The zero-order valence-electron chi connectivity index (χ0n) is 18.2. The zero-order valence-corrected chi connectivity index (χ0v) is 19.0. The summed E-state index contributed by atoms with van der Waals surface area (Å²) >= 11 is 0. The Bertz CT molecular complexity index is 1190. The first-order chi connectivity index (χ1) is 15.4. The molecule has 0 aliphatic carbocycles. The van der Waals surface area contributed by atoms with Gasteiger partial charge >= 0.3 is 0 Å². The standard InChI is InChI=1S/C26H28N2O3S/c1-20-10-5-6-13-23(20)19-32(30,31)28-17-9-14-22(18-28)26(29)27-25-16-8-7-15-24(25)21-11-3-2-4-12-21/h2-8,10-13,15-16,22H,9,14,17-19H2,1H3,(H,27,29)/t22-/m1/s1. The van der Waals surface area contributed by atoms with Gasteiger partial charge in [-0.15, -0.1) is 0 Å². The predicted octanol–water partition coefficient (Wildman–Crippen LogP) is 4.84. The maximum atomic E-state index is 13.1. The highest BCUT2D eigenvalue weighted by atomic mass is 32.2. The number of anilines is 1. The number of piperidine rings is 1. The third-order valence-electron chi connectivity index (χ3n) is 6.02. The Morgan fingerprint density at radius 2 is 1.66 bits per heavy atom. The van der Waals surface area contributed by atoms with Crippen molar-refractivity contribution < 1.29 is 13.2 Å². The van der Waals surface area contributed by atoms with Crippen molar-refractivity contribution >= 4 is 21.6 Å². The molecule has 0 saturated carbocycles. The molecule has 4 rings (SSSR count). The topological polar surface area (TPSA) is 66.5 Å². The summed E-state index contributed by atoms with van der Waals surface area (Å²) in [6, 6.07) is 25.1. The minimum Gasteiger partial charge on any atom is -0.325 e. The summed E-state index contributed by atoms with van der Waals surface area (Å²) in [5.74, 6) is -0.548. The molecular formula is C26H28N2O3S. The van der Waals surface area contributed by atoms with Crippen LogP contribution in [0.25, 0.3) is 11.1 Å². The SMILES string of the molecule is Cc1ccccc1CS(=O)(=O)N1CCC[C@@H](C(=O)Nc2ccccc2-c2ccccc2)C1. The van der Waals surface area contributed by atoms with Crippen LogP contribution >= 0.6 is 0 Å². The van der Waals surface area contributed by atoms with E-state index in [0.717, 1.165) is 27.9 Å². The molecule has 1 amide bonds. The highest BCUT2D eigenvalue weighted by molar-refractivity contribution is 7.88. The number of carbonyl (C=O) groups is 1. The Hall–Kier alpha value is -2.96. The average molecular weight is 449 g/mol. The van der Waals surface area contributed by atoms with Crippen LogP contribution in [0.5, 0.6) is 0 Å². The number of para-hydroxylation sites is 1. The van der Waals surface area contributed by atoms with Crippen LogP contribution in [0, 0.1) is 12.8 Å². The van der Waals surface area contributed by atoms with E-state index < -0.39 is 10.0 Å². The van der Waals surface area contributed by atoms with Crippen LogP contribution in [0.3, 0.4) is 0 Å². The van der Waals surface area contributed by atoms with Gasteiger partial charge in [-0.1, -0.05) is 72.8 Å². The molecule has 32 heavy (non-hydrogen) atoms. The van der Waals surface area contributed by atoms with Crippen molar-refractivity contribution in [3.05, 3.63) is 90.0 Å². The number of nitrogens with one attached hydrogen (secondary N) is 1. The highest BCUT2D eigenvalue weighted by Gasteiger charge is 2.32. The second kappa shape index (κ2) is 9.67. The van der Waals surface area contributed by atoms with Crippen LogP contribution < -0.4 is 5.32 Å². The number of carbonyl (C=O) groups excluding carboxylic acids is 1. The number of benzene rings is 3. The van der Waals surface area contributed by atoms with Crippen molar-refractivity contribution in [1.82, 2.24) is 4.31 Å². The van der Waals surface area contributed by atoms with Gasteiger partial charge in [-0.2, -0.15) is 0 Å². The number of hydrogen-bond donors (Lipinski definition) is 1. The van der Waals surface area contributed by atoms with Crippen molar-refractivity contribution in [3.63, 3.8) is 0 Å². The lowest BCUT2D eigenvalue weighted by Gasteiger charge is -2.31. The number of aryl methyl sites for hydroxylation is 1. The fraction of sp³-hybridized carbons (Fsp3) is 0.269. The van der Waals surface area contributed by atoms with Gasteiger partial charge in [0.15, 0.2) is 0 Å². The molecule has 1 N–H and O–H groups in total. The molecular weight excluding hydrogens is 420 g/mol. The van der Waals surface area contributed by atoms with Gasteiger partial charge in [0, 0.05) is 24.3 Å². The second-order valence-corrected chi connectivity index (χ2v) is 10.2. The minimum atomic E-state index is -3.50. The first kappa shape index (κ1) is 22.2. The maximum absolute atomic E-state index is 13.1. The molecule has 6 heteroatoms. The molecule has 1 saturated heterocycles. The molecule has 3 aromatic carbocycles. The van der Waals surface area contributed by atoms with E-state index in [0.29, 0.717) is 19.4 Å². The molecule has 0 unspecified atom stereocenters. The Morgan fingerprint density at radius 1 is 0.969 bits per heavy atom. The predicted molar refractivity (Wildman–Crippen MR) is 129 cm³/mol. The minimum absolute atomic E-state index is 0.0369. The van der Waals surface area contributed by atoms with E-state index in [-0.39, 0.29) is 24.1 Å². The molecule has 1 aliphatic rings. The quantitative estimate of drug-likeness (QED) is 0.587. The van der Waals surface area contributed by atoms with E-state index in [2.05, 4.69) is 5.32 Å². The number of hydrogen-bond acceptors (Lipinski definition) is 3. The first-order valence-electron chi connectivity index (χ1n) is 10.9. The largest absolute Gasteiger partial charge is 0.325 e. The molecule has 1 aliphatic heterocycles. The summed E-state index contributed by atoms with van der Waals surface area (Å²) in [5, 5.41) is 3.05. The molecule has 0 radical (unpaired) electrons. The van der Waals surface area contributed by atoms with Crippen molar-refractivity contribution in [2.24, 2.45) is 5.92 Å². The lowest BCUT2D eigenvalue weighted by atomic mass is 9.98. The Labute approximate surface area is 190 Å². The molecule has 166 valence electrons. The summed E-state index contributed by atoms with van der Waals surface area (Å²) in [7, 11) is -3.50. The third kappa shape index (κ3) is 5.09. The molecule has 0 bridgehead atoms. The maximum Gasteiger partial charge on any atom is 0.228 e. The Kier molecular flexibility index (Phi) is 6.72. The van der Waals surface area contributed by atoms with Gasteiger partial charge in [0.05, 0.1) is 11.7 Å². The molecule has 0 aromatic heterocycles. The van der Waals surface area contributed by atoms with E-state index in [4.69, 9.17) is 0 Å². The lowest BCUT2D eigenvalue weighted by Crippen LogP contribution is -2.44. The van der Waals surface area contributed by atoms with Gasteiger partial charge < -0.3 is 5.32 Å². The normalized spacial score (nSPS) is 17.1. The van der Waals surface area contributed by atoms with E-state index >= 15 is 0 Å². The van der Waals surface area contributed by atoms with Gasteiger partial charge in [0.1, 0.15) is 0 Å². The number of amides is 1. The van der Waals surface area contributed by atoms with Crippen LogP contribution in [0.4, 0.5) is 5.69 Å². The van der Waals surface area contributed by atoms with E-state index in [1.54, 1.807) is 0 Å². The molecule has 3 aromatic rings. The summed E-state index contributed by atoms with van der Waals surface area (Å²) in [5.41, 5.74) is 4.47. The first-order valence-corrected chi connectivity index (χ1v) is 12.5. The zero-order chi connectivity index (χ0) is 22.6. The summed E-state index contributed by atoms with van der Waals surface area (Å²) in [6.45, 7) is 2.59. The number of rotatable bonds is 6. The van der Waals surface area contributed by atoms with Crippen LogP contribution in [0.1, 0.15) is 24.0 Å². The van der Waals surface area contributed by atoms with Crippen LogP contribution in [0.15, 0.2) is 78.9 Å². The molecule has 0 spiro atoms. The van der Waals surface area contributed by atoms with E-state index in [9.17, 15) is 13.2 Å². The monoisotopic (exact) mass is 448 g/mol. The van der Waals surface area contributed by atoms with Crippen LogP contribution in [-0.2, 0) is 20.6 Å². The van der Waals surface area contributed by atoms with Crippen molar-refractivity contribution in [2.45, 2.75) is 25.5 Å². The smallest absolute Gasteiger partial charge is 0.228 e. The van der Waals surface area contributed by atoms with Crippen LogP contribution in [0.2, 0.25) is 0 Å². The number of sulfonamides is 1. The van der Waals surface area contributed by atoms with Gasteiger partial charge in [-0.05, 0) is 42.5 Å². The third-order valence-corrected chi connectivity index (χ3v) is 7.81. The van der Waals surface area contributed by atoms with Gasteiger partial charge in [0.2, 0.25) is 15.9 Å². The summed E-state index contributed by atoms with van der Waals surface area (Å²) in [6.07, 6.45) is 1.35.